The molecule has 2 saturated heterocycles. The van der Waals surface area contributed by atoms with Gasteiger partial charge in [-0.2, -0.15) is 0 Å². The molecule has 11 heavy (non-hydrogen) atoms. The summed E-state index contributed by atoms with van der Waals surface area (Å²) < 4.78 is 9.85. The standard InChI is InChI=1S/C7H11NO3/c9-6-10-5-7(11-6)1-3-8-4-2-7/h8H,1-5H2. The molecule has 0 atom stereocenters. The molecule has 62 valence electrons. The lowest BCUT2D eigenvalue weighted by molar-refractivity contribution is 0.0316. The second-order valence-electron chi connectivity index (χ2n) is 3.07. The van der Waals surface area contributed by atoms with Gasteiger partial charge in [-0.1, -0.05) is 0 Å². The van der Waals surface area contributed by atoms with Crippen LogP contribution in [0, 0.1) is 0 Å². The van der Waals surface area contributed by atoms with Crippen molar-refractivity contribution < 1.29 is 14.3 Å². The first kappa shape index (κ1) is 6.91. The lowest BCUT2D eigenvalue weighted by Gasteiger charge is -2.29. The highest BCUT2D eigenvalue weighted by Gasteiger charge is 2.42. The molecular formula is C7H11NO3. The number of rotatable bonds is 0. The smallest absolute Gasteiger partial charge is 0.430 e. The summed E-state index contributed by atoms with van der Waals surface area (Å²) in [6.45, 7) is 2.26. The third-order valence-corrected chi connectivity index (χ3v) is 2.27. The predicted octanol–water partition coefficient (Wildman–Crippen LogP) is 0.275. The van der Waals surface area contributed by atoms with Crippen LogP contribution in [-0.4, -0.2) is 31.5 Å². The fourth-order valence-corrected chi connectivity index (χ4v) is 1.55. The van der Waals surface area contributed by atoms with Gasteiger partial charge >= 0.3 is 6.16 Å². The zero-order chi connectivity index (χ0) is 7.73. The van der Waals surface area contributed by atoms with Crippen molar-refractivity contribution >= 4 is 6.16 Å². The molecule has 1 spiro atoms. The Hall–Kier alpha value is -0.770. The van der Waals surface area contributed by atoms with Crippen LogP contribution in [0.5, 0.6) is 0 Å². The Morgan fingerprint density at radius 2 is 2.09 bits per heavy atom. The predicted molar refractivity (Wildman–Crippen MR) is 37.3 cm³/mol. The zero-order valence-corrected chi connectivity index (χ0v) is 6.26. The average molecular weight is 157 g/mol. The quantitative estimate of drug-likeness (QED) is 0.513. The van der Waals surface area contributed by atoms with Crippen LogP contribution in [-0.2, 0) is 9.47 Å². The first-order valence-corrected chi connectivity index (χ1v) is 3.87. The Balaban J connectivity index is 2.03. The van der Waals surface area contributed by atoms with Crippen molar-refractivity contribution in [1.82, 2.24) is 5.32 Å². The van der Waals surface area contributed by atoms with E-state index in [1.54, 1.807) is 0 Å². The van der Waals surface area contributed by atoms with Crippen LogP contribution >= 0.6 is 0 Å². The Labute approximate surface area is 64.9 Å². The number of cyclic esters (lactones) is 1. The molecule has 0 radical (unpaired) electrons. The molecule has 0 aromatic carbocycles. The van der Waals surface area contributed by atoms with E-state index in [9.17, 15) is 4.79 Å². The summed E-state index contributed by atoms with van der Waals surface area (Å²) in [5.41, 5.74) is -0.289. The van der Waals surface area contributed by atoms with E-state index in [2.05, 4.69) is 5.32 Å². The van der Waals surface area contributed by atoms with Crippen LogP contribution in [0.4, 0.5) is 4.79 Å². The van der Waals surface area contributed by atoms with Crippen molar-refractivity contribution in [2.75, 3.05) is 19.7 Å². The Bertz CT molecular complexity index is 175. The topological polar surface area (TPSA) is 47.6 Å². The highest BCUT2D eigenvalue weighted by Crippen LogP contribution is 2.28. The molecule has 1 N–H and O–H groups in total. The SMILES string of the molecule is O=C1OCC2(CCNCC2)O1. The molecular weight excluding hydrogens is 146 g/mol. The number of nitrogens with one attached hydrogen (secondary N) is 1. The molecule has 2 rings (SSSR count). The molecule has 0 unspecified atom stereocenters. The van der Waals surface area contributed by atoms with E-state index in [1.807, 2.05) is 0 Å². The van der Waals surface area contributed by atoms with Gasteiger partial charge in [0.2, 0.25) is 0 Å². The molecule has 0 aliphatic carbocycles. The summed E-state index contributed by atoms with van der Waals surface area (Å²) >= 11 is 0. The third-order valence-electron chi connectivity index (χ3n) is 2.27. The van der Waals surface area contributed by atoms with Gasteiger partial charge < -0.3 is 14.8 Å². The number of hydrogen-bond donors (Lipinski definition) is 1. The first-order chi connectivity index (χ1) is 5.31. The van der Waals surface area contributed by atoms with Crippen LogP contribution in [0.2, 0.25) is 0 Å². The van der Waals surface area contributed by atoms with E-state index >= 15 is 0 Å². The molecule has 4 heteroatoms. The van der Waals surface area contributed by atoms with Crippen molar-refractivity contribution in [3.63, 3.8) is 0 Å². The summed E-state index contributed by atoms with van der Waals surface area (Å²) in [6, 6.07) is 0. The minimum absolute atomic E-state index is 0.289. The molecule has 2 heterocycles. The van der Waals surface area contributed by atoms with Gasteiger partial charge in [0.1, 0.15) is 6.61 Å². The third kappa shape index (κ3) is 1.18. The Kier molecular flexibility index (Phi) is 1.49. The van der Waals surface area contributed by atoms with E-state index in [4.69, 9.17) is 9.47 Å². The number of piperidine rings is 1. The lowest BCUT2D eigenvalue weighted by atomic mass is 9.94. The van der Waals surface area contributed by atoms with E-state index in [0.717, 1.165) is 25.9 Å². The molecule has 0 aromatic rings. The van der Waals surface area contributed by atoms with Crippen molar-refractivity contribution in [1.29, 1.82) is 0 Å². The molecule has 0 aromatic heterocycles. The molecule has 0 bridgehead atoms. The summed E-state index contributed by atoms with van der Waals surface area (Å²) in [7, 11) is 0. The summed E-state index contributed by atoms with van der Waals surface area (Å²) in [5.74, 6) is 0. The number of carbonyl (C=O) groups excluding carboxylic acids is 1. The monoisotopic (exact) mass is 157 g/mol. The summed E-state index contributed by atoms with van der Waals surface area (Å²) in [4.78, 5) is 10.7. The van der Waals surface area contributed by atoms with Crippen molar-refractivity contribution in [3.8, 4) is 0 Å². The Morgan fingerprint density at radius 3 is 2.64 bits per heavy atom. The molecule has 2 aliphatic heterocycles. The normalized spacial score (nSPS) is 28.2. The average Bonchev–Trinajstić information content (AvgIpc) is 2.34. The fraction of sp³-hybridized carbons (Fsp3) is 0.857. The van der Waals surface area contributed by atoms with Crippen LogP contribution in [0.1, 0.15) is 12.8 Å². The van der Waals surface area contributed by atoms with Gasteiger partial charge in [-0.05, 0) is 13.1 Å². The highest BCUT2D eigenvalue weighted by atomic mass is 16.8. The molecule has 4 nitrogen and oxygen atoms in total. The lowest BCUT2D eigenvalue weighted by Crippen LogP contribution is -2.43. The maximum Gasteiger partial charge on any atom is 0.509 e. The summed E-state index contributed by atoms with van der Waals surface area (Å²) in [5, 5.41) is 3.20. The minimum atomic E-state index is -0.507. The number of ether oxygens (including phenoxy) is 2. The van der Waals surface area contributed by atoms with Gasteiger partial charge in [0, 0.05) is 12.8 Å². The largest absolute Gasteiger partial charge is 0.509 e. The van der Waals surface area contributed by atoms with E-state index in [-0.39, 0.29) is 5.60 Å². The van der Waals surface area contributed by atoms with Crippen LogP contribution in [0.25, 0.3) is 0 Å². The van der Waals surface area contributed by atoms with Crippen molar-refractivity contribution in [3.05, 3.63) is 0 Å². The first-order valence-electron chi connectivity index (χ1n) is 3.87. The number of carbonyl (C=O) groups is 1. The Morgan fingerprint density at radius 1 is 1.36 bits per heavy atom. The van der Waals surface area contributed by atoms with Gasteiger partial charge in [0.15, 0.2) is 5.60 Å². The van der Waals surface area contributed by atoms with Crippen LogP contribution < -0.4 is 5.32 Å². The van der Waals surface area contributed by atoms with Gasteiger partial charge in [-0.25, -0.2) is 4.79 Å². The zero-order valence-electron chi connectivity index (χ0n) is 6.26. The van der Waals surface area contributed by atoms with Crippen molar-refractivity contribution in [2.24, 2.45) is 0 Å². The van der Waals surface area contributed by atoms with E-state index < -0.39 is 6.16 Å². The molecule has 0 saturated carbocycles. The van der Waals surface area contributed by atoms with E-state index in [0.29, 0.717) is 6.61 Å². The fourth-order valence-electron chi connectivity index (χ4n) is 1.55. The number of hydrogen-bond acceptors (Lipinski definition) is 4. The van der Waals surface area contributed by atoms with Gasteiger partial charge in [-0.15, -0.1) is 0 Å². The van der Waals surface area contributed by atoms with Gasteiger partial charge in [0.25, 0.3) is 0 Å². The van der Waals surface area contributed by atoms with Crippen molar-refractivity contribution in [2.45, 2.75) is 18.4 Å². The minimum Gasteiger partial charge on any atom is -0.430 e. The molecule has 2 fully saturated rings. The molecule has 2 aliphatic rings. The second-order valence-corrected chi connectivity index (χ2v) is 3.07. The van der Waals surface area contributed by atoms with E-state index in [1.165, 1.54) is 0 Å². The van der Waals surface area contributed by atoms with Crippen LogP contribution in [0.3, 0.4) is 0 Å². The highest BCUT2D eigenvalue weighted by molar-refractivity contribution is 5.62. The van der Waals surface area contributed by atoms with Crippen LogP contribution in [0.15, 0.2) is 0 Å². The van der Waals surface area contributed by atoms with Gasteiger partial charge in [-0.3, -0.25) is 0 Å². The second kappa shape index (κ2) is 2.37. The van der Waals surface area contributed by atoms with Gasteiger partial charge in [0.05, 0.1) is 0 Å². The summed E-state index contributed by atoms with van der Waals surface area (Å²) in [6.07, 6.45) is 1.24. The molecule has 0 amide bonds. The maximum absolute atomic E-state index is 10.7. The maximum atomic E-state index is 10.7.